The summed E-state index contributed by atoms with van der Waals surface area (Å²) in [4.78, 5) is 52.7. The van der Waals surface area contributed by atoms with Gasteiger partial charge < -0.3 is 49.0 Å². The van der Waals surface area contributed by atoms with Crippen LogP contribution in [0.5, 0.6) is 5.75 Å². The maximum atomic E-state index is 13.5. The Kier molecular flexibility index (Phi) is 11.8. The number of nitrogens with zero attached hydrogens (tertiary/aromatic N) is 2. The number of amides is 3. The van der Waals surface area contributed by atoms with E-state index in [0.29, 0.717) is 28.1 Å². The summed E-state index contributed by atoms with van der Waals surface area (Å²) in [7, 11) is 5.36. The molecule has 2 aliphatic rings. The molecular formula is C31H37IN4O6S. The molecule has 0 radical (unpaired) electrons. The summed E-state index contributed by atoms with van der Waals surface area (Å²) in [5, 5.41) is 2.41. The van der Waals surface area contributed by atoms with E-state index in [0.717, 1.165) is 11.1 Å². The number of carbonyl (C=O) groups excluding carboxylic acids is 4. The van der Waals surface area contributed by atoms with Gasteiger partial charge in [-0.3, -0.25) is 19.3 Å². The quantitative estimate of drug-likeness (QED) is 0.127. The molecule has 4 rings (SSSR count). The number of hydrogen-bond donors (Lipinski definition) is 2. The summed E-state index contributed by atoms with van der Waals surface area (Å²) >= 11 is 1.47. The number of carbonyl (C=O) groups is 4. The Hall–Kier alpha value is -3.36. The van der Waals surface area contributed by atoms with Crippen molar-refractivity contribution in [1.82, 2.24) is 10.2 Å². The Morgan fingerprint density at radius 2 is 1.79 bits per heavy atom. The number of hydrogen-bond acceptors (Lipinski definition) is 7. The van der Waals surface area contributed by atoms with Gasteiger partial charge in [-0.05, 0) is 41.8 Å². The molecule has 0 aromatic heterocycles. The summed E-state index contributed by atoms with van der Waals surface area (Å²) < 4.78 is 11.2. The van der Waals surface area contributed by atoms with Gasteiger partial charge in [0.1, 0.15) is 29.5 Å². The highest BCUT2D eigenvalue weighted by Crippen LogP contribution is 2.41. The van der Waals surface area contributed by atoms with E-state index in [1.807, 2.05) is 50.5 Å². The number of primary amides is 1. The van der Waals surface area contributed by atoms with Crippen LogP contribution in [0.3, 0.4) is 0 Å². The predicted octanol–water partition coefficient (Wildman–Crippen LogP) is -0.854. The van der Waals surface area contributed by atoms with E-state index in [-0.39, 0.29) is 54.5 Å². The van der Waals surface area contributed by atoms with Crippen molar-refractivity contribution in [3.8, 4) is 5.75 Å². The number of ether oxygens (including phenoxy) is 2. The molecule has 3 amide bonds. The van der Waals surface area contributed by atoms with Crippen molar-refractivity contribution < 1.29 is 57.1 Å². The zero-order chi connectivity index (χ0) is 30.4. The molecule has 2 heterocycles. The average Bonchev–Trinajstić information content (AvgIpc) is 2.98. The number of likely N-dealkylation sites (N-methyl/N-ethyl adjacent to an activating group) is 1. The van der Waals surface area contributed by atoms with Crippen LogP contribution in [-0.2, 0) is 36.9 Å². The number of esters is 1. The van der Waals surface area contributed by atoms with Gasteiger partial charge in [-0.2, -0.15) is 0 Å². The van der Waals surface area contributed by atoms with Gasteiger partial charge >= 0.3 is 5.97 Å². The molecule has 0 saturated carbocycles. The number of allylic oxidation sites excluding steroid dienone is 1. The summed E-state index contributed by atoms with van der Waals surface area (Å²) in [5.41, 5.74) is 7.91. The van der Waals surface area contributed by atoms with Gasteiger partial charge in [-0.25, -0.2) is 4.79 Å². The van der Waals surface area contributed by atoms with Crippen molar-refractivity contribution >= 4 is 35.5 Å². The molecule has 1 saturated heterocycles. The third-order valence-corrected chi connectivity index (χ3v) is 8.90. The Balaban J connectivity index is 0.00000506. The van der Waals surface area contributed by atoms with Crippen LogP contribution in [0.15, 0.2) is 78.0 Å². The van der Waals surface area contributed by atoms with Gasteiger partial charge in [-0.1, -0.05) is 48.5 Å². The second-order valence-corrected chi connectivity index (χ2v) is 12.0. The molecule has 2 aromatic rings. The number of rotatable bonds is 12. The monoisotopic (exact) mass is 720 g/mol. The fourth-order valence-corrected chi connectivity index (χ4v) is 5.99. The maximum absolute atomic E-state index is 13.5. The van der Waals surface area contributed by atoms with Gasteiger partial charge in [0.2, 0.25) is 5.91 Å². The van der Waals surface area contributed by atoms with Crippen LogP contribution in [0, 0.1) is 0 Å². The molecule has 0 unspecified atom stereocenters. The lowest BCUT2D eigenvalue weighted by atomic mass is 10.0. The zero-order valence-corrected chi connectivity index (χ0v) is 27.6. The highest BCUT2D eigenvalue weighted by atomic mass is 127. The van der Waals surface area contributed by atoms with Crippen molar-refractivity contribution in [2.24, 2.45) is 5.73 Å². The number of thioether (sulfide) groups is 1. The number of β-lactam (4-membered cyclic amide) rings is 1. The van der Waals surface area contributed by atoms with Crippen molar-refractivity contribution in [1.29, 1.82) is 0 Å². The fraction of sp³-hybridized carbons (Fsp3) is 0.355. The van der Waals surface area contributed by atoms with E-state index in [1.54, 1.807) is 44.4 Å². The highest BCUT2D eigenvalue weighted by Gasteiger charge is 2.54. The van der Waals surface area contributed by atoms with Crippen molar-refractivity contribution in [2.75, 3.05) is 33.5 Å². The lowest BCUT2D eigenvalue weighted by Crippen LogP contribution is -3.00. The van der Waals surface area contributed by atoms with Crippen LogP contribution in [0.25, 0.3) is 0 Å². The number of quaternary nitrogens is 1. The topological polar surface area (TPSA) is 128 Å². The van der Waals surface area contributed by atoms with E-state index < -0.39 is 29.3 Å². The number of fused-ring (bicyclic) bond motifs is 1. The number of benzene rings is 2. The van der Waals surface area contributed by atoms with Crippen LogP contribution in [0.1, 0.15) is 18.1 Å². The van der Waals surface area contributed by atoms with E-state index in [1.165, 1.54) is 16.7 Å². The highest BCUT2D eigenvalue weighted by molar-refractivity contribution is 8.00. The number of halogens is 1. The number of nitrogens with one attached hydrogen (secondary N) is 1. The van der Waals surface area contributed by atoms with Crippen LogP contribution in [0.2, 0.25) is 0 Å². The second-order valence-electron chi connectivity index (χ2n) is 10.9. The first-order chi connectivity index (χ1) is 20.0. The molecular weight excluding hydrogens is 683 g/mol. The minimum absolute atomic E-state index is 0. The molecule has 12 heteroatoms. The lowest BCUT2D eigenvalue weighted by molar-refractivity contribution is -0.898. The van der Waals surface area contributed by atoms with Gasteiger partial charge in [0.05, 0.1) is 34.2 Å². The van der Waals surface area contributed by atoms with Gasteiger partial charge in [0.25, 0.3) is 11.8 Å². The lowest BCUT2D eigenvalue weighted by Gasteiger charge is -2.49. The van der Waals surface area contributed by atoms with Gasteiger partial charge in [0.15, 0.2) is 6.04 Å². The second kappa shape index (κ2) is 14.9. The third kappa shape index (κ3) is 8.18. The fourth-order valence-electron chi connectivity index (χ4n) is 4.67. The molecule has 2 aliphatic heterocycles. The third-order valence-electron chi connectivity index (χ3n) is 7.60. The molecule has 0 aliphatic carbocycles. The normalized spacial score (nSPS) is 18.7. The predicted molar refractivity (Wildman–Crippen MR) is 160 cm³/mol. The summed E-state index contributed by atoms with van der Waals surface area (Å²) in [6.07, 6.45) is 3.83. The van der Waals surface area contributed by atoms with E-state index in [9.17, 15) is 19.2 Å². The first-order valence-electron chi connectivity index (χ1n) is 13.6. The van der Waals surface area contributed by atoms with Crippen molar-refractivity contribution in [3.63, 3.8) is 0 Å². The maximum Gasteiger partial charge on any atom is 0.355 e. The van der Waals surface area contributed by atoms with Crippen LogP contribution >= 0.6 is 11.8 Å². The molecule has 0 spiro atoms. The minimum atomic E-state index is -0.742. The Bertz CT molecular complexity index is 1400. The molecule has 10 nitrogen and oxygen atoms in total. The molecule has 43 heavy (non-hydrogen) atoms. The SMILES string of the molecule is COc1ccc(COC(=O)C2=C(/C=C/C[N+](C)(C)[C@H](C)C(N)=O)CS[C@H]3[C@H](NC(=O)Cc4ccccc4)C(=O)N23)cc1.[I-]. The molecule has 230 valence electrons. The van der Waals surface area contributed by atoms with E-state index in [2.05, 4.69) is 5.32 Å². The van der Waals surface area contributed by atoms with Crippen molar-refractivity contribution in [3.05, 3.63) is 89.1 Å². The van der Waals surface area contributed by atoms with Crippen LogP contribution in [0.4, 0.5) is 0 Å². The molecule has 3 N–H and O–H groups in total. The molecule has 1 fully saturated rings. The van der Waals surface area contributed by atoms with Gasteiger partial charge in [0, 0.05) is 5.75 Å². The van der Waals surface area contributed by atoms with E-state index >= 15 is 0 Å². The Morgan fingerprint density at radius 3 is 2.42 bits per heavy atom. The van der Waals surface area contributed by atoms with Crippen molar-refractivity contribution in [2.45, 2.75) is 37.4 Å². The van der Waals surface area contributed by atoms with Gasteiger partial charge in [-0.15, -0.1) is 11.8 Å². The molecule has 3 atom stereocenters. The largest absolute Gasteiger partial charge is 1.00 e. The van der Waals surface area contributed by atoms with Crippen LogP contribution in [-0.4, -0.2) is 84.0 Å². The average molecular weight is 721 g/mol. The Labute approximate surface area is 273 Å². The number of nitrogens with two attached hydrogens (primary N) is 1. The zero-order valence-electron chi connectivity index (χ0n) is 24.6. The smallest absolute Gasteiger partial charge is 0.355 e. The minimum Gasteiger partial charge on any atom is -1.00 e. The first kappa shape index (κ1) is 34.1. The molecule has 2 aromatic carbocycles. The first-order valence-corrected chi connectivity index (χ1v) is 14.7. The van der Waals surface area contributed by atoms with E-state index in [4.69, 9.17) is 15.2 Å². The summed E-state index contributed by atoms with van der Waals surface area (Å²) in [6, 6.07) is 15.3. The summed E-state index contributed by atoms with van der Waals surface area (Å²) in [5.74, 6) is -0.542. The standard InChI is InChI=1S/C31H36N4O6S.HI/c1-20(28(32)37)35(2,3)16-8-11-23-19-42-30-26(33-25(36)17-21-9-6-5-7-10-21)29(38)34(30)27(23)31(39)41-18-22-12-14-24(40-4)15-13-22;/h5-15,20,26,30H,16-19H2,1-4H3,(H2-,32,33,36,37);1H/b11-8+;/t20-,26-,30+;/m1./s1. The van der Waals surface area contributed by atoms with Crippen LogP contribution < -0.4 is 39.8 Å². The Morgan fingerprint density at radius 1 is 1.12 bits per heavy atom. The summed E-state index contributed by atoms with van der Waals surface area (Å²) in [6.45, 7) is 2.26. The molecule has 0 bridgehead atoms. The number of methoxy groups -OCH3 is 1.